The van der Waals surface area contributed by atoms with E-state index in [0.717, 1.165) is 23.2 Å². The molecule has 1 amide bonds. The molecule has 5 heteroatoms. The summed E-state index contributed by atoms with van der Waals surface area (Å²) >= 11 is 0. The van der Waals surface area contributed by atoms with Crippen LogP contribution in [0.5, 0.6) is 0 Å². The van der Waals surface area contributed by atoms with Gasteiger partial charge in [-0.15, -0.1) is 0 Å². The van der Waals surface area contributed by atoms with Gasteiger partial charge in [0.1, 0.15) is 5.82 Å². The van der Waals surface area contributed by atoms with Gasteiger partial charge in [-0.2, -0.15) is 0 Å². The molecule has 0 atom stereocenters. The first kappa shape index (κ1) is 15.7. The number of hydrogen-bond acceptors (Lipinski definition) is 2. The van der Waals surface area contributed by atoms with E-state index >= 15 is 0 Å². The molecule has 25 heavy (non-hydrogen) atoms. The molecule has 3 aromatic rings. The number of nitrogens with zero attached hydrogens (tertiary/aromatic N) is 1. The number of aromatic nitrogens is 1. The third-order valence-corrected chi connectivity index (χ3v) is 4.67. The van der Waals surface area contributed by atoms with E-state index < -0.39 is 0 Å². The van der Waals surface area contributed by atoms with Crippen LogP contribution in [0, 0.1) is 5.82 Å². The van der Waals surface area contributed by atoms with Crippen molar-refractivity contribution < 1.29 is 13.9 Å². The Kier molecular flexibility index (Phi) is 4.14. The van der Waals surface area contributed by atoms with Gasteiger partial charge < -0.3 is 14.6 Å². The monoisotopic (exact) mass is 338 g/mol. The zero-order valence-corrected chi connectivity index (χ0v) is 13.8. The SMILES string of the molecule is O=C(OCCc1ccc(F)cc1)N1CCc2c([nH]c3ccccc23)C1. The Morgan fingerprint density at radius 3 is 2.80 bits per heavy atom. The van der Waals surface area contributed by atoms with Crippen LogP contribution >= 0.6 is 0 Å². The normalized spacial score (nSPS) is 13.7. The molecule has 128 valence electrons. The van der Waals surface area contributed by atoms with Crippen LogP contribution in [0.3, 0.4) is 0 Å². The summed E-state index contributed by atoms with van der Waals surface area (Å²) in [6.45, 7) is 1.49. The maximum atomic E-state index is 12.9. The Balaban J connectivity index is 1.36. The summed E-state index contributed by atoms with van der Waals surface area (Å²) in [7, 11) is 0. The largest absolute Gasteiger partial charge is 0.449 e. The van der Waals surface area contributed by atoms with Gasteiger partial charge >= 0.3 is 6.09 Å². The van der Waals surface area contributed by atoms with Crippen molar-refractivity contribution in [1.29, 1.82) is 0 Å². The Labute approximate surface area is 145 Å². The lowest BCUT2D eigenvalue weighted by molar-refractivity contribution is 0.0984. The molecule has 0 aliphatic carbocycles. The Hall–Kier alpha value is -2.82. The van der Waals surface area contributed by atoms with Crippen LogP contribution in [0.15, 0.2) is 48.5 Å². The molecular formula is C20H19FN2O2. The lowest BCUT2D eigenvalue weighted by atomic mass is 10.0. The van der Waals surface area contributed by atoms with Crippen LogP contribution in [0.4, 0.5) is 9.18 Å². The molecular weight excluding hydrogens is 319 g/mol. The Bertz CT molecular complexity index is 902. The number of halogens is 1. The summed E-state index contributed by atoms with van der Waals surface area (Å²) in [5.74, 6) is -0.261. The first-order valence-electron chi connectivity index (χ1n) is 8.45. The number of nitrogens with one attached hydrogen (secondary N) is 1. The Morgan fingerprint density at radius 2 is 1.96 bits per heavy atom. The number of para-hydroxylation sites is 1. The average molecular weight is 338 g/mol. The van der Waals surface area contributed by atoms with Gasteiger partial charge in [0.05, 0.1) is 13.2 Å². The van der Waals surface area contributed by atoms with Gasteiger partial charge in [0.25, 0.3) is 0 Å². The van der Waals surface area contributed by atoms with E-state index in [1.165, 1.54) is 23.1 Å². The molecule has 0 saturated carbocycles. The second-order valence-corrected chi connectivity index (χ2v) is 6.29. The van der Waals surface area contributed by atoms with E-state index in [0.29, 0.717) is 26.1 Å². The van der Waals surface area contributed by atoms with E-state index in [4.69, 9.17) is 4.74 Å². The number of carbonyl (C=O) groups is 1. The number of hydrogen-bond donors (Lipinski definition) is 1. The minimum atomic E-state index is -0.300. The van der Waals surface area contributed by atoms with Crippen LogP contribution in [0.25, 0.3) is 10.9 Å². The number of rotatable bonds is 3. The van der Waals surface area contributed by atoms with Gasteiger partial charge in [0.15, 0.2) is 0 Å². The average Bonchev–Trinajstić information content (AvgIpc) is 3.01. The lowest BCUT2D eigenvalue weighted by Gasteiger charge is -2.26. The summed E-state index contributed by atoms with van der Waals surface area (Å²) in [6.07, 6.45) is 1.11. The Morgan fingerprint density at radius 1 is 1.16 bits per heavy atom. The highest BCUT2D eigenvalue weighted by atomic mass is 19.1. The number of benzene rings is 2. The van der Waals surface area contributed by atoms with Crippen molar-refractivity contribution in [3.05, 3.63) is 71.2 Å². The second-order valence-electron chi connectivity index (χ2n) is 6.29. The van der Waals surface area contributed by atoms with E-state index in [1.807, 2.05) is 12.1 Å². The van der Waals surface area contributed by atoms with Gasteiger partial charge in [-0.1, -0.05) is 30.3 Å². The quantitative estimate of drug-likeness (QED) is 0.783. The van der Waals surface area contributed by atoms with Gasteiger partial charge in [-0.25, -0.2) is 9.18 Å². The molecule has 1 aromatic heterocycles. The summed E-state index contributed by atoms with van der Waals surface area (Å²) in [5.41, 5.74) is 4.44. The molecule has 1 N–H and O–H groups in total. The molecule has 4 nitrogen and oxygen atoms in total. The van der Waals surface area contributed by atoms with Crippen molar-refractivity contribution in [1.82, 2.24) is 9.88 Å². The molecule has 0 unspecified atom stereocenters. The first-order valence-corrected chi connectivity index (χ1v) is 8.45. The second kappa shape index (κ2) is 6.59. The fourth-order valence-electron chi connectivity index (χ4n) is 3.35. The third kappa shape index (κ3) is 3.22. The zero-order valence-electron chi connectivity index (χ0n) is 13.8. The van der Waals surface area contributed by atoms with Crippen molar-refractivity contribution in [2.24, 2.45) is 0 Å². The van der Waals surface area contributed by atoms with Crippen LogP contribution in [-0.2, 0) is 24.1 Å². The number of fused-ring (bicyclic) bond motifs is 3. The molecule has 4 rings (SSSR count). The molecule has 1 aliphatic heterocycles. The highest BCUT2D eigenvalue weighted by molar-refractivity contribution is 5.85. The number of ether oxygens (including phenoxy) is 1. The van der Waals surface area contributed by atoms with Gasteiger partial charge in [-0.3, -0.25) is 0 Å². The summed E-state index contributed by atoms with van der Waals surface area (Å²) < 4.78 is 18.3. The van der Waals surface area contributed by atoms with E-state index in [2.05, 4.69) is 17.1 Å². The molecule has 0 bridgehead atoms. The predicted octanol–water partition coefficient (Wildman–Crippen LogP) is 4.04. The minimum Gasteiger partial charge on any atom is -0.449 e. The van der Waals surface area contributed by atoms with Crippen LogP contribution in [0.2, 0.25) is 0 Å². The zero-order chi connectivity index (χ0) is 17.2. The molecule has 0 spiro atoms. The fraction of sp³-hybridized carbons (Fsp3) is 0.250. The molecule has 0 saturated heterocycles. The molecule has 1 aliphatic rings. The van der Waals surface area contributed by atoms with Crippen molar-refractivity contribution in [3.63, 3.8) is 0 Å². The molecule has 0 fully saturated rings. The van der Waals surface area contributed by atoms with E-state index in [9.17, 15) is 9.18 Å². The first-order chi connectivity index (χ1) is 12.2. The minimum absolute atomic E-state index is 0.261. The smallest absolute Gasteiger partial charge is 0.410 e. The number of carbonyl (C=O) groups excluding carboxylic acids is 1. The van der Waals surface area contributed by atoms with Crippen LogP contribution in [0.1, 0.15) is 16.8 Å². The standard InChI is InChI=1S/C20H19FN2O2/c21-15-7-5-14(6-8-15)10-12-25-20(24)23-11-9-17-16-3-1-2-4-18(16)22-19(17)13-23/h1-8,22H,9-13H2. The molecule has 2 aromatic carbocycles. The topological polar surface area (TPSA) is 45.3 Å². The van der Waals surface area contributed by atoms with Crippen LogP contribution < -0.4 is 0 Å². The maximum Gasteiger partial charge on any atom is 0.410 e. The summed E-state index contributed by atoms with van der Waals surface area (Å²) in [6, 6.07) is 14.5. The van der Waals surface area contributed by atoms with Crippen molar-refractivity contribution >= 4 is 17.0 Å². The van der Waals surface area contributed by atoms with Crippen molar-refractivity contribution in [2.75, 3.05) is 13.2 Å². The lowest BCUT2D eigenvalue weighted by Crippen LogP contribution is -2.36. The van der Waals surface area contributed by atoms with Gasteiger partial charge in [-0.05, 0) is 35.7 Å². The van der Waals surface area contributed by atoms with Gasteiger partial charge in [0, 0.05) is 29.6 Å². The summed E-state index contributed by atoms with van der Waals surface area (Å²) in [4.78, 5) is 17.4. The van der Waals surface area contributed by atoms with Crippen LogP contribution in [-0.4, -0.2) is 29.1 Å². The highest BCUT2D eigenvalue weighted by Crippen LogP contribution is 2.27. The third-order valence-electron chi connectivity index (χ3n) is 4.67. The molecule has 2 heterocycles. The number of amides is 1. The maximum absolute atomic E-state index is 12.9. The van der Waals surface area contributed by atoms with Gasteiger partial charge in [0.2, 0.25) is 0 Å². The van der Waals surface area contributed by atoms with Crippen molar-refractivity contribution in [2.45, 2.75) is 19.4 Å². The number of H-pyrrole nitrogens is 1. The summed E-state index contributed by atoms with van der Waals surface area (Å²) in [5, 5.41) is 1.24. The van der Waals surface area contributed by atoms with Crippen molar-refractivity contribution in [3.8, 4) is 0 Å². The highest BCUT2D eigenvalue weighted by Gasteiger charge is 2.24. The molecule has 0 radical (unpaired) electrons. The fourth-order valence-corrected chi connectivity index (χ4v) is 3.35. The number of aromatic amines is 1. The predicted molar refractivity (Wildman–Crippen MR) is 93.9 cm³/mol. The van der Waals surface area contributed by atoms with E-state index in [-0.39, 0.29) is 11.9 Å². The van der Waals surface area contributed by atoms with E-state index in [1.54, 1.807) is 17.0 Å².